The SMILES string of the molecule is Nc1ccccc1SCC(=O)N1CCCC1. The standard InChI is InChI=1S/C12H16N2OS/c13-10-5-1-2-6-11(10)16-9-12(15)14-7-3-4-8-14/h1-2,5-6H,3-4,7-9,13H2. The average molecular weight is 236 g/mol. The fourth-order valence-electron chi connectivity index (χ4n) is 1.81. The molecule has 16 heavy (non-hydrogen) atoms. The van der Waals surface area contributed by atoms with Crippen molar-refractivity contribution in [2.24, 2.45) is 0 Å². The third kappa shape index (κ3) is 2.70. The maximum atomic E-state index is 11.8. The van der Waals surface area contributed by atoms with Crippen LogP contribution < -0.4 is 5.73 Å². The van der Waals surface area contributed by atoms with Gasteiger partial charge in [0.1, 0.15) is 0 Å². The summed E-state index contributed by atoms with van der Waals surface area (Å²) in [5.41, 5.74) is 6.57. The van der Waals surface area contributed by atoms with E-state index in [2.05, 4.69) is 0 Å². The number of carbonyl (C=O) groups is 1. The van der Waals surface area contributed by atoms with E-state index in [1.807, 2.05) is 29.2 Å². The first-order valence-electron chi connectivity index (χ1n) is 5.52. The highest BCUT2D eigenvalue weighted by Crippen LogP contribution is 2.24. The van der Waals surface area contributed by atoms with Crippen LogP contribution in [0.2, 0.25) is 0 Å². The van der Waals surface area contributed by atoms with Gasteiger partial charge < -0.3 is 10.6 Å². The van der Waals surface area contributed by atoms with Crippen LogP contribution in [0.5, 0.6) is 0 Å². The molecule has 0 saturated carbocycles. The Morgan fingerprint density at radius 3 is 2.69 bits per heavy atom. The number of carbonyl (C=O) groups excluding carboxylic acids is 1. The van der Waals surface area contributed by atoms with E-state index in [1.165, 1.54) is 11.8 Å². The second-order valence-corrected chi connectivity index (χ2v) is 4.93. The predicted molar refractivity (Wildman–Crippen MR) is 67.4 cm³/mol. The molecule has 0 aromatic heterocycles. The minimum absolute atomic E-state index is 0.228. The summed E-state index contributed by atoms with van der Waals surface area (Å²) >= 11 is 1.53. The smallest absolute Gasteiger partial charge is 0.232 e. The van der Waals surface area contributed by atoms with Crippen molar-refractivity contribution < 1.29 is 4.79 Å². The van der Waals surface area contributed by atoms with E-state index in [4.69, 9.17) is 5.73 Å². The number of benzene rings is 1. The lowest BCUT2D eigenvalue weighted by Crippen LogP contribution is -2.29. The number of amides is 1. The minimum Gasteiger partial charge on any atom is -0.398 e. The van der Waals surface area contributed by atoms with Crippen LogP contribution in [0.4, 0.5) is 5.69 Å². The van der Waals surface area contributed by atoms with Crippen molar-refractivity contribution in [3.05, 3.63) is 24.3 Å². The fourth-order valence-corrected chi connectivity index (χ4v) is 2.68. The molecule has 2 N–H and O–H groups in total. The molecule has 0 atom stereocenters. The van der Waals surface area contributed by atoms with Crippen molar-refractivity contribution in [3.8, 4) is 0 Å². The molecule has 86 valence electrons. The largest absolute Gasteiger partial charge is 0.398 e. The molecule has 2 rings (SSSR count). The van der Waals surface area contributed by atoms with Crippen molar-refractivity contribution in [1.29, 1.82) is 0 Å². The van der Waals surface area contributed by atoms with E-state index in [-0.39, 0.29) is 5.91 Å². The number of hydrogen-bond acceptors (Lipinski definition) is 3. The Hall–Kier alpha value is -1.16. The Morgan fingerprint density at radius 1 is 1.31 bits per heavy atom. The fraction of sp³-hybridized carbons (Fsp3) is 0.417. The number of likely N-dealkylation sites (tertiary alicyclic amines) is 1. The molecule has 1 aromatic rings. The molecule has 0 aliphatic carbocycles. The van der Waals surface area contributed by atoms with E-state index < -0.39 is 0 Å². The molecule has 3 nitrogen and oxygen atoms in total. The monoisotopic (exact) mass is 236 g/mol. The number of thioether (sulfide) groups is 1. The normalized spacial score (nSPS) is 15.4. The van der Waals surface area contributed by atoms with E-state index in [0.717, 1.165) is 36.5 Å². The Morgan fingerprint density at radius 2 is 2.00 bits per heavy atom. The molecule has 1 heterocycles. The minimum atomic E-state index is 0.228. The van der Waals surface area contributed by atoms with Crippen LogP contribution in [0.1, 0.15) is 12.8 Å². The number of hydrogen-bond donors (Lipinski definition) is 1. The van der Waals surface area contributed by atoms with Crippen LogP contribution in [-0.2, 0) is 4.79 Å². The first-order chi connectivity index (χ1) is 7.77. The van der Waals surface area contributed by atoms with Crippen LogP contribution in [-0.4, -0.2) is 29.6 Å². The zero-order chi connectivity index (χ0) is 11.4. The summed E-state index contributed by atoms with van der Waals surface area (Å²) in [4.78, 5) is 14.7. The lowest BCUT2D eigenvalue weighted by Gasteiger charge is -2.14. The molecular formula is C12H16N2OS. The Bertz CT molecular complexity index is 375. The zero-order valence-electron chi connectivity index (χ0n) is 9.19. The average Bonchev–Trinajstić information content (AvgIpc) is 2.81. The molecule has 1 aliphatic heterocycles. The number of nitrogens with two attached hydrogens (primary N) is 1. The van der Waals surface area contributed by atoms with Crippen LogP contribution in [0, 0.1) is 0 Å². The van der Waals surface area contributed by atoms with E-state index in [9.17, 15) is 4.79 Å². The van der Waals surface area contributed by atoms with Gasteiger partial charge in [-0.1, -0.05) is 12.1 Å². The summed E-state index contributed by atoms with van der Waals surface area (Å²) in [6.07, 6.45) is 2.29. The molecule has 1 amide bonds. The summed E-state index contributed by atoms with van der Waals surface area (Å²) in [5.74, 6) is 0.722. The first kappa shape index (κ1) is 11.3. The molecule has 1 fully saturated rings. The van der Waals surface area contributed by atoms with Crippen molar-refractivity contribution >= 4 is 23.4 Å². The van der Waals surface area contributed by atoms with E-state index >= 15 is 0 Å². The molecule has 1 aromatic carbocycles. The van der Waals surface area contributed by atoms with Crippen LogP contribution in [0.3, 0.4) is 0 Å². The number of anilines is 1. The number of nitrogen functional groups attached to an aromatic ring is 1. The third-order valence-electron chi connectivity index (χ3n) is 2.73. The zero-order valence-corrected chi connectivity index (χ0v) is 10.0. The Balaban J connectivity index is 1.87. The van der Waals surface area contributed by atoms with E-state index in [1.54, 1.807) is 0 Å². The summed E-state index contributed by atoms with van der Waals surface area (Å²) in [6.45, 7) is 1.84. The quantitative estimate of drug-likeness (QED) is 0.645. The van der Waals surface area contributed by atoms with Gasteiger partial charge in [0, 0.05) is 23.7 Å². The summed E-state index contributed by atoms with van der Waals surface area (Å²) < 4.78 is 0. The lowest BCUT2D eigenvalue weighted by atomic mass is 10.3. The highest BCUT2D eigenvalue weighted by molar-refractivity contribution is 8.00. The second-order valence-electron chi connectivity index (χ2n) is 3.91. The van der Waals surface area contributed by atoms with Gasteiger partial charge in [0.15, 0.2) is 0 Å². The van der Waals surface area contributed by atoms with Gasteiger partial charge >= 0.3 is 0 Å². The summed E-state index contributed by atoms with van der Waals surface area (Å²) in [5, 5.41) is 0. The number of nitrogens with zero attached hydrogens (tertiary/aromatic N) is 1. The molecule has 4 heteroatoms. The third-order valence-corrected chi connectivity index (χ3v) is 3.80. The van der Waals surface area contributed by atoms with Gasteiger partial charge in [-0.25, -0.2) is 0 Å². The van der Waals surface area contributed by atoms with Crippen molar-refractivity contribution in [2.75, 3.05) is 24.6 Å². The highest BCUT2D eigenvalue weighted by Gasteiger charge is 2.17. The van der Waals surface area contributed by atoms with Crippen LogP contribution in [0.15, 0.2) is 29.2 Å². The molecule has 0 radical (unpaired) electrons. The van der Waals surface area contributed by atoms with Gasteiger partial charge in [-0.15, -0.1) is 11.8 Å². The summed E-state index contributed by atoms with van der Waals surface area (Å²) in [7, 11) is 0. The van der Waals surface area contributed by atoms with Crippen molar-refractivity contribution in [1.82, 2.24) is 4.90 Å². The second kappa shape index (κ2) is 5.25. The molecule has 0 unspecified atom stereocenters. The Labute approximate surface area is 100.0 Å². The molecule has 0 spiro atoms. The molecular weight excluding hydrogens is 220 g/mol. The topological polar surface area (TPSA) is 46.3 Å². The summed E-state index contributed by atoms with van der Waals surface area (Å²) in [6, 6.07) is 7.67. The van der Waals surface area contributed by atoms with Crippen LogP contribution >= 0.6 is 11.8 Å². The number of para-hydroxylation sites is 1. The predicted octanol–water partition coefficient (Wildman–Crippen LogP) is 1.98. The van der Waals surface area contributed by atoms with Gasteiger partial charge in [0.25, 0.3) is 0 Å². The maximum Gasteiger partial charge on any atom is 0.232 e. The molecule has 0 bridgehead atoms. The number of rotatable bonds is 3. The maximum absolute atomic E-state index is 11.8. The van der Waals surface area contributed by atoms with E-state index in [0.29, 0.717) is 5.75 Å². The van der Waals surface area contributed by atoms with Crippen molar-refractivity contribution in [3.63, 3.8) is 0 Å². The van der Waals surface area contributed by atoms with Gasteiger partial charge in [-0.2, -0.15) is 0 Å². The van der Waals surface area contributed by atoms with Gasteiger partial charge in [-0.3, -0.25) is 4.79 Å². The highest BCUT2D eigenvalue weighted by atomic mass is 32.2. The Kier molecular flexibility index (Phi) is 3.72. The van der Waals surface area contributed by atoms with Gasteiger partial charge in [0.2, 0.25) is 5.91 Å². The van der Waals surface area contributed by atoms with Crippen molar-refractivity contribution in [2.45, 2.75) is 17.7 Å². The van der Waals surface area contributed by atoms with Crippen LogP contribution in [0.25, 0.3) is 0 Å². The van der Waals surface area contributed by atoms with Gasteiger partial charge in [-0.05, 0) is 25.0 Å². The first-order valence-corrected chi connectivity index (χ1v) is 6.51. The molecule has 1 aliphatic rings. The van der Waals surface area contributed by atoms with Gasteiger partial charge in [0.05, 0.1) is 5.75 Å². The lowest BCUT2D eigenvalue weighted by molar-refractivity contribution is -0.127. The molecule has 1 saturated heterocycles.